The van der Waals surface area contributed by atoms with Crippen molar-refractivity contribution in [1.82, 2.24) is 0 Å². The molecule has 19 heteroatoms. The van der Waals surface area contributed by atoms with E-state index in [-0.39, 0.29) is 36.2 Å². The Kier molecular flexibility index (Phi) is 20.2. The largest absolute Gasteiger partial charge is 1.00 e. The third kappa shape index (κ3) is 13.3. The van der Waals surface area contributed by atoms with Crippen LogP contribution in [0, 0.1) is 5.41 Å². The van der Waals surface area contributed by atoms with Crippen molar-refractivity contribution in [2.24, 2.45) is 10.4 Å². The summed E-state index contributed by atoms with van der Waals surface area (Å²) < 4.78 is 65.2. The maximum absolute atomic E-state index is 12.3. The minimum atomic E-state index is -4.96. The Hall–Kier alpha value is -0.100. The molecule has 0 spiro atoms. The Morgan fingerprint density at radius 2 is 1.52 bits per heavy atom. The second-order valence-corrected chi connectivity index (χ2v) is 12.7. The maximum atomic E-state index is 12.3. The summed E-state index contributed by atoms with van der Waals surface area (Å²) in [6.45, 7) is 0.898. The molecule has 0 bridgehead atoms. The van der Waals surface area contributed by atoms with Crippen molar-refractivity contribution in [3.05, 3.63) is 0 Å². The molecule has 7 N–H and O–H groups in total. The normalized spacial score (nSPS) is 32.7. The summed E-state index contributed by atoms with van der Waals surface area (Å²) in [7, 11) is -4.96. The monoisotopic (exact) mass is 699 g/mol. The van der Waals surface area contributed by atoms with Crippen LogP contribution in [0.15, 0.2) is 4.99 Å². The first-order valence-electron chi connectivity index (χ1n) is 15.1. The molecule has 2 heterocycles. The van der Waals surface area contributed by atoms with Gasteiger partial charge in [-0.2, -0.15) is 8.42 Å². The molecule has 0 aromatic heterocycles. The fourth-order valence-electron chi connectivity index (χ4n) is 4.99. The Bertz CT molecular complexity index is 985. The second-order valence-electron chi connectivity index (χ2n) is 11.6. The van der Waals surface area contributed by atoms with Gasteiger partial charge in [-0.05, 0) is 26.2 Å². The third-order valence-corrected chi connectivity index (χ3v) is 8.19. The predicted octanol–water partition coefficient (Wildman–Crippen LogP) is -5.38. The van der Waals surface area contributed by atoms with E-state index in [4.69, 9.17) is 28.2 Å². The van der Waals surface area contributed by atoms with E-state index in [2.05, 4.69) is 16.1 Å². The van der Waals surface area contributed by atoms with Crippen LogP contribution in [-0.4, -0.2) is 150 Å². The molecule has 0 radical (unpaired) electrons. The molecule has 0 aromatic rings. The summed E-state index contributed by atoms with van der Waals surface area (Å²) in [6.07, 6.45) is -7.04. The molecule has 0 amide bonds. The number of aliphatic hydroxyl groups is 6. The van der Waals surface area contributed by atoms with Crippen molar-refractivity contribution < 1.29 is 106 Å². The van der Waals surface area contributed by atoms with Crippen LogP contribution in [0.1, 0.15) is 59.3 Å². The molecule has 17 nitrogen and oxygen atoms in total. The molecule has 10 atom stereocenters. The smallest absolute Gasteiger partial charge is 0.862 e. The zero-order chi connectivity index (χ0) is 33.8. The molecule has 2 aliphatic heterocycles. The topological polar surface area (TPSA) is 267 Å². The fourth-order valence-corrected chi connectivity index (χ4v) is 5.39. The first-order chi connectivity index (χ1) is 21.2. The molecule has 0 aliphatic carbocycles. The summed E-state index contributed by atoms with van der Waals surface area (Å²) in [4.78, 5) is 4.09. The van der Waals surface area contributed by atoms with Crippen LogP contribution in [0.5, 0.6) is 0 Å². The van der Waals surface area contributed by atoms with E-state index >= 15 is 0 Å². The second kappa shape index (κ2) is 21.2. The van der Waals surface area contributed by atoms with Crippen LogP contribution >= 0.6 is 0 Å². The van der Waals surface area contributed by atoms with E-state index in [9.17, 15) is 44.2 Å². The number of ether oxygens (including phenoxy) is 5. The Labute approximate surface area is 292 Å². The molecule has 46 heavy (non-hydrogen) atoms. The van der Waals surface area contributed by atoms with E-state index in [1.165, 1.54) is 13.8 Å². The number of nitrogens with zero attached hydrogens (tertiary/aromatic N) is 1. The Balaban J connectivity index is 0.0000106. The number of hydrogen-bond donors (Lipinski definition) is 7. The average Bonchev–Trinajstić information content (AvgIpc) is 2.99. The molecule has 2 rings (SSSR count). The van der Waals surface area contributed by atoms with E-state index in [1.807, 2.05) is 0 Å². The van der Waals surface area contributed by atoms with Gasteiger partial charge in [0.2, 0.25) is 0 Å². The number of unbranched alkanes of at least 4 members (excludes halogenated alkanes) is 5. The van der Waals surface area contributed by atoms with Crippen molar-refractivity contribution in [1.29, 1.82) is 0 Å². The third-order valence-electron chi connectivity index (χ3n) is 7.77. The average molecular weight is 700 g/mol. The van der Waals surface area contributed by atoms with Crippen LogP contribution in [0.2, 0.25) is 0 Å². The van der Waals surface area contributed by atoms with Crippen molar-refractivity contribution in [3.8, 4) is 0 Å². The van der Waals surface area contributed by atoms with Crippen molar-refractivity contribution in [3.63, 3.8) is 0 Å². The molecule has 2 aliphatic rings. The van der Waals surface area contributed by atoms with Crippen LogP contribution in [0.25, 0.3) is 0 Å². The Morgan fingerprint density at radius 3 is 2.09 bits per heavy atom. The number of hydrogen-bond acceptors (Lipinski definition) is 16. The van der Waals surface area contributed by atoms with Gasteiger partial charge in [-0.3, -0.25) is 9.55 Å². The van der Waals surface area contributed by atoms with Gasteiger partial charge < -0.3 is 59.4 Å². The molecule has 266 valence electrons. The van der Waals surface area contributed by atoms with Gasteiger partial charge >= 0.3 is 40.0 Å². The molecular formula is C27H50NNaO16S. The van der Waals surface area contributed by atoms with Crippen molar-refractivity contribution in [2.75, 3.05) is 39.6 Å². The summed E-state index contributed by atoms with van der Waals surface area (Å²) in [6, 6.07) is -1.29. The summed E-state index contributed by atoms with van der Waals surface area (Å²) in [5.74, 6) is -0.665. The van der Waals surface area contributed by atoms with Gasteiger partial charge in [-0.15, -0.1) is 0 Å². The number of aliphatic imine (C=N–C) groups is 1. The van der Waals surface area contributed by atoms with Gasteiger partial charge in [0.1, 0.15) is 42.7 Å². The summed E-state index contributed by atoms with van der Waals surface area (Å²) >= 11 is 0. The van der Waals surface area contributed by atoms with Crippen LogP contribution in [-0.2, 0) is 38.3 Å². The summed E-state index contributed by atoms with van der Waals surface area (Å²) in [5.41, 5.74) is -1.80. The molecular weight excluding hydrogens is 649 g/mol. The van der Waals surface area contributed by atoms with E-state index in [1.54, 1.807) is 0 Å². The van der Waals surface area contributed by atoms with Gasteiger partial charge in [0.05, 0.1) is 44.6 Å². The predicted molar refractivity (Wildman–Crippen MR) is 153 cm³/mol. The zero-order valence-electron chi connectivity index (χ0n) is 26.9. The van der Waals surface area contributed by atoms with Crippen LogP contribution in [0.4, 0.5) is 0 Å². The van der Waals surface area contributed by atoms with E-state index in [0.717, 1.165) is 32.1 Å². The van der Waals surface area contributed by atoms with Gasteiger partial charge in [0.15, 0.2) is 12.6 Å². The minimum Gasteiger partial charge on any atom is -0.862 e. The van der Waals surface area contributed by atoms with Gasteiger partial charge in [0.25, 0.3) is 0 Å². The van der Waals surface area contributed by atoms with Gasteiger partial charge in [-0.25, -0.2) is 4.18 Å². The molecule has 0 saturated carbocycles. The fraction of sp³-hybridized carbons (Fsp3) is 0.963. The first kappa shape index (κ1) is 43.9. The van der Waals surface area contributed by atoms with E-state index in [0.29, 0.717) is 6.42 Å². The molecule has 2 fully saturated rings. The molecule has 0 aromatic carbocycles. The minimum absolute atomic E-state index is 0. The van der Waals surface area contributed by atoms with Crippen LogP contribution in [0.3, 0.4) is 0 Å². The molecule has 0 unspecified atom stereocenters. The Morgan fingerprint density at radius 1 is 0.891 bits per heavy atom. The van der Waals surface area contributed by atoms with Gasteiger partial charge in [0, 0.05) is 6.61 Å². The standard InChI is InChI=1S/C27H51NO16S.Na/c1-4-5-6-7-8-9-10-39-25-19(28-17(3)32)24(44-26-22(35)21(34)20(33)16(2)42-26)23(18(11-29)43-25)40-14-27(12-30,13-31)15-41-45(36,37)38;/h16,18-26,29-31,33-35H,4-15H2,1-3H3,(H,28,32)(H,36,37,38);/q;+1/p-1/t16-,18+,19+,20+,21+,22-,23+,24+,25-,26-;/m0./s1. The molecule has 2 saturated heterocycles. The van der Waals surface area contributed by atoms with Crippen molar-refractivity contribution >= 4 is 16.3 Å². The van der Waals surface area contributed by atoms with Gasteiger partial charge in [-0.1, -0.05) is 39.0 Å². The first-order valence-corrected chi connectivity index (χ1v) is 16.5. The number of rotatable bonds is 20. The maximum Gasteiger partial charge on any atom is 1.00 e. The van der Waals surface area contributed by atoms with Crippen molar-refractivity contribution in [2.45, 2.75) is 121 Å². The van der Waals surface area contributed by atoms with Crippen LogP contribution < -0.4 is 34.7 Å². The summed E-state index contributed by atoms with van der Waals surface area (Å²) in [5, 5.41) is 73.7. The number of aliphatic hydroxyl groups excluding tert-OH is 6. The SMILES string of the molecule is CCCCCCCCO[C@H]1O[C@H](CO)[C@@H](OCC(CO)(CO)COS(=O)(=O)O)[C@H](O[C@@H]2O[C@@H](C)[C@@H](O)[C@@H](O)[C@@H]2O)[C@H]1N=C(C)[O-].[Na+]. The van der Waals surface area contributed by atoms with E-state index < -0.39 is 116 Å². The quantitative estimate of drug-likeness (QED) is 0.0206. The zero-order valence-corrected chi connectivity index (χ0v) is 29.7.